The van der Waals surface area contributed by atoms with Crippen molar-refractivity contribution in [1.82, 2.24) is 0 Å². The molecular weight excluding hydrogens is 346 g/mol. The molecule has 1 fully saturated rings. The summed E-state index contributed by atoms with van der Waals surface area (Å²) in [6, 6.07) is 1.69. The van der Waals surface area contributed by atoms with Gasteiger partial charge in [0, 0.05) is 12.6 Å². The number of nitrogens with two attached hydrogens (primary N) is 1. The lowest BCUT2D eigenvalue weighted by molar-refractivity contribution is -0.160. The Kier molecular flexibility index (Phi) is 5.85. The summed E-state index contributed by atoms with van der Waals surface area (Å²) >= 11 is 0. The number of carbonyl (C=O) groups is 2. The SMILES string of the molecule is CCOC(=O)c1cc(F)c(N2CCC(C(=O)OC(C)(C)C)C2N)cc1F. The van der Waals surface area contributed by atoms with Crippen molar-refractivity contribution in [3.63, 3.8) is 0 Å². The van der Waals surface area contributed by atoms with Gasteiger partial charge in [0.05, 0.1) is 29.9 Å². The molecule has 6 nitrogen and oxygen atoms in total. The summed E-state index contributed by atoms with van der Waals surface area (Å²) < 4.78 is 38.7. The molecule has 2 N–H and O–H groups in total. The minimum atomic E-state index is -0.937. The van der Waals surface area contributed by atoms with Gasteiger partial charge in [-0.2, -0.15) is 0 Å². The average molecular weight is 370 g/mol. The van der Waals surface area contributed by atoms with E-state index < -0.39 is 46.8 Å². The van der Waals surface area contributed by atoms with Gasteiger partial charge in [0.25, 0.3) is 0 Å². The molecular formula is C18H24F2N2O4. The first-order chi connectivity index (χ1) is 12.0. The molecule has 26 heavy (non-hydrogen) atoms. The van der Waals surface area contributed by atoms with Crippen molar-refractivity contribution in [2.45, 2.75) is 45.9 Å². The molecule has 1 aromatic rings. The quantitative estimate of drug-likeness (QED) is 0.821. The van der Waals surface area contributed by atoms with Crippen LogP contribution in [0.4, 0.5) is 14.5 Å². The van der Waals surface area contributed by atoms with Gasteiger partial charge in [-0.05, 0) is 40.2 Å². The van der Waals surface area contributed by atoms with E-state index in [0.717, 1.165) is 12.1 Å². The van der Waals surface area contributed by atoms with Crippen LogP contribution in [0.15, 0.2) is 12.1 Å². The molecule has 8 heteroatoms. The third-order valence-corrected chi connectivity index (χ3v) is 4.00. The van der Waals surface area contributed by atoms with E-state index >= 15 is 0 Å². The number of hydrogen-bond donors (Lipinski definition) is 1. The molecule has 0 aromatic heterocycles. The van der Waals surface area contributed by atoms with E-state index in [4.69, 9.17) is 15.2 Å². The van der Waals surface area contributed by atoms with Gasteiger partial charge in [-0.1, -0.05) is 0 Å². The van der Waals surface area contributed by atoms with Crippen molar-refractivity contribution in [2.24, 2.45) is 11.7 Å². The van der Waals surface area contributed by atoms with Crippen molar-refractivity contribution < 1.29 is 27.8 Å². The van der Waals surface area contributed by atoms with Crippen LogP contribution in [0.3, 0.4) is 0 Å². The maximum absolute atomic E-state index is 14.5. The molecule has 1 saturated heterocycles. The van der Waals surface area contributed by atoms with Crippen molar-refractivity contribution in [1.29, 1.82) is 0 Å². The number of anilines is 1. The summed E-state index contributed by atoms with van der Waals surface area (Å²) in [5.74, 6) is -3.78. The Hall–Kier alpha value is -2.22. The van der Waals surface area contributed by atoms with Gasteiger partial charge in [0.15, 0.2) is 0 Å². The van der Waals surface area contributed by atoms with Gasteiger partial charge in [0.2, 0.25) is 0 Å². The Morgan fingerprint density at radius 1 is 1.27 bits per heavy atom. The fourth-order valence-electron chi connectivity index (χ4n) is 2.85. The zero-order valence-corrected chi connectivity index (χ0v) is 15.3. The van der Waals surface area contributed by atoms with Crippen LogP contribution in [-0.2, 0) is 14.3 Å². The van der Waals surface area contributed by atoms with Gasteiger partial charge in [-0.3, -0.25) is 4.79 Å². The fourth-order valence-corrected chi connectivity index (χ4v) is 2.85. The van der Waals surface area contributed by atoms with Crippen LogP contribution in [0, 0.1) is 17.6 Å². The molecule has 0 saturated carbocycles. The minimum Gasteiger partial charge on any atom is -0.462 e. The number of rotatable bonds is 4. The molecule has 0 amide bonds. The first-order valence-corrected chi connectivity index (χ1v) is 8.46. The average Bonchev–Trinajstić information content (AvgIpc) is 2.89. The highest BCUT2D eigenvalue weighted by atomic mass is 19.1. The van der Waals surface area contributed by atoms with Crippen LogP contribution in [-0.4, -0.2) is 36.9 Å². The molecule has 2 unspecified atom stereocenters. The lowest BCUT2D eigenvalue weighted by Gasteiger charge is -2.28. The van der Waals surface area contributed by atoms with Crippen molar-refractivity contribution in [3.05, 3.63) is 29.3 Å². The van der Waals surface area contributed by atoms with Gasteiger partial charge in [-0.25, -0.2) is 13.6 Å². The predicted octanol–water partition coefficient (Wildman–Crippen LogP) is 2.59. The van der Waals surface area contributed by atoms with Crippen molar-refractivity contribution in [3.8, 4) is 0 Å². The minimum absolute atomic E-state index is 0.0518. The number of benzene rings is 1. The van der Waals surface area contributed by atoms with Crippen LogP contribution in [0.1, 0.15) is 44.5 Å². The van der Waals surface area contributed by atoms with Crippen LogP contribution >= 0.6 is 0 Å². The topological polar surface area (TPSA) is 81.9 Å². The summed E-state index contributed by atoms with van der Waals surface area (Å²) in [6.07, 6.45) is -0.497. The summed E-state index contributed by atoms with van der Waals surface area (Å²) in [5, 5.41) is 0. The Labute approximate surface area is 151 Å². The molecule has 1 heterocycles. The summed E-state index contributed by atoms with van der Waals surface area (Å²) in [4.78, 5) is 25.3. The Morgan fingerprint density at radius 3 is 2.50 bits per heavy atom. The Bertz CT molecular complexity index is 703. The fraction of sp³-hybridized carbons (Fsp3) is 0.556. The lowest BCUT2D eigenvalue weighted by atomic mass is 10.1. The molecule has 0 aliphatic carbocycles. The zero-order valence-electron chi connectivity index (χ0n) is 15.3. The number of esters is 2. The van der Waals surface area contributed by atoms with E-state index in [1.54, 1.807) is 27.7 Å². The maximum Gasteiger partial charge on any atom is 0.341 e. The second-order valence-electron chi connectivity index (χ2n) is 7.12. The standard InChI is InChI=1S/C18H24F2N2O4/c1-5-25-16(23)11-8-13(20)14(9-12(11)19)22-7-6-10(15(22)21)17(24)26-18(2,3)4/h8-10,15H,5-7,21H2,1-4H3. The first kappa shape index (κ1) is 20.1. The summed E-state index contributed by atoms with van der Waals surface area (Å²) in [5.41, 5.74) is 4.84. The van der Waals surface area contributed by atoms with Gasteiger partial charge in [-0.15, -0.1) is 0 Å². The molecule has 1 aliphatic heterocycles. The predicted molar refractivity (Wildman–Crippen MR) is 91.6 cm³/mol. The normalized spacial score (nSPS) is 20.2. The zero-order chi connectivity index (χ0) is 19.6. The van der Waals surface area contributed by atoms with Crippen LogP contribution in [0.2, 0.25) is 0 Å². The van der Waals surface area contributed by atoms with Crippen molar-refractivity contribution >= 4 is 17.6 Å². The van der Waals surface area contributed by atoms with E-state index in [1.807, 2.05) is 0 Å². The first-order valence-electron chi connectivity index (χ1n) is 8.46. The molecule has 1 aliphatic rings. The number of carbonyl (C=O) groups excluding carboxylic acids is 2. The Balaban J connectivity index is 2.23. The molecule has 2 atom stereocenters. The van der Waals surface area contributed by atoms with Crippen LogP contribution in [0.5, 0.6) is 0 Å². The van der Waals surface area contributed by atoms with Gasteiger partial charge < -0.3 is 20.1 Å². The number of ether oxygens (including phenoxy) is 2. The largest absolute Gasteiger partial charge is 0.462 e. The van der Waals surface area contributed by atoms with Gasteiger partial charge in [0.1, 0.15) is 17.2 Å². The monoisotopic (exact) mass is 370 g/mol. The number of hydrogen-bond acceptors (Lipinski definition) is 6. The lowest BCUT2D eigenvalue weighted by Crippen LogP contribution is -2.45. The summed E-state index contributed by atoms with van der Waals surface area (Å²) in [7, 11) is 0. The molecule has 2 rings (SSSR count). The molecule has 1 aromatic carbocycles. The number of nitrogens with zero attached hydrogens (tertiary/aromatic N) is 1. The maximum atomic E-state index is 14.5. The third kappa shape index (κ3) is 4.30. The van der Waals surface area contributed by atoms with E-state index in [1.165, 1.54) is 4.90 Å². The molecule has 0 spiro atoms. The molecule has 0 bridgehead atoms. The number of halogens is 2. The smallest absolute Gasteiger partial charge is 0.341 e. The van der Waals surface area contributed by atoms with E-state index in [9.17, 15) is 18.4 Å². The third-order valence-electron chi connectivity index (χ3n) is 4.00. The Morgan fingerprint density at radius 2 is 1.92 bits per heavy atom. The highest BCUT2D eigenvalue weighted by Gasteiger charge is 2.40. The second kappa shape index (κ2) is 7.57. The van der Waals surface area contributed by atoms with E-state index in [0.29, 0.717) is 6.42 Å². The van der Waals surface area contributed by atoms with Crippen LogP contribution < -0.4 is 10.6 Å². The summed E-state index contributed by atoms with van der Waals surface area (Å²) in [6.45, 7) is 7.11. The highest BCUT2D eigenvalue weighted by Crippen LogP contribution is 2.32. The highest BCUT2D eigenvalue weighted by molar-refractivity contribution is 5.90. The van der Waals surface area contributed by atoms with Crippen LogP contribution in [0.25, 0.3) is 0 Å². The molecule has 144 valence electrons. The van der Waals surface area contributed by atoms with Gasteiger partial charge >= 0.3 is 11.9 Å². The van der Waals surface area contributed by atoms with E-state index in [2.05, 4.69) is 0 Å². The van der Waals surface area contributed by atoms with E-state index in [-0.39, 0.29) is 18.8 Å². The van der Waals surface area contributed by atoms with Crippen molar-refractivity contribution in [2.75, 3.05) is 18.1 Å². The molecule has 0 radical (unpaired) electrons. The second-order valence-corrected chi connectivity index (χ2v) is 7.12.